The van der Waals surface area contributed by atoms with Crippen LogP contribution in [0.15, 0.2) is 54.9 Å². The Morgan fingerprint density at radius 2 is 1.94 bits per heavy atom. The summed E-state index contributed by atoms with van der Waals surface area (Å²) in [5.74, 6) is 0.920. The molecule has 0 spiro atoms. The van der Waals surface area contributed by atoms with Gasteiger partial charge in [0.1, 0.15) is 18.0 Å². The quantitative estimate of drug-likeness (QED) is 0.700. The van der Waals surface area contributed by atoms with Crippen LogP contribution >= 0.6 is 0 Å². The Morgan fingerprint density at radius 3 is 2.83 bits per heavy atom. The first-order valence-corrected chi connectivity index (χ1v) is 5.94. The second kappa shape index (κ2) is 4.53. The predicted molar refractivity (Wildman–Crippen MR) is 70.7 cm³/mol. The van der Waals surface area contributed by atoms with Crippen molar-refractivity contribution in [2.75, 3.05) is 0 Å². The maximum atomic E-state index is 5.83. The normalized spacial score (nSPS) is 10.7. The fraction of sp³-hybridized carbons (Fsp3) is 0.133. The van der Waals surface area contributed by atoms with E-state index < -0.39 is 0 Å². The summed E-state index contributed by atoms with van der Waals surface area (Å²) in [5, 5.41) is 0. The predicted octanol–water partition coefficient (Wildman–Crippen LogP) is 3.22. The first kappa shape index (κ1) is 10.8. The molecule has 0 amide bonds. The van der Waals surface area contributed by atoms with Gasteiger partial charge in [0, 0.05) is 6.20 Å². The summed E-state index contributed by atoms with van der Waals surface area (Å²) in [6, 6.07) is 14.0. The van der Waals surface area contributed by atoms with E-state index in [0.29, 0.717) is 6.61 Å². The van der Waals surface area contributed by atoms with E-state index >= 15 is 0 Å². The minimum Gasteiger partial charge on any atom is -0.487 e. The number of pyridine rings is 1. The SMILES string of the molecule is Cc1ccccc1OCc1cnc2ccccn12. The van der Waals surface area contributed by atoms with Crippen LogP contribution in [-0.4, -0.2) is 9.38 Å². The Hall–Kier alpha value is -2.29. The number of hydrogen-bond donors (Lipinski definition) is 0. The number of rotatable bonds is 3. The highest BCUT2D eigenvalue weighted by molar-refractivity contribution is 5.40. The van der Waals surface area contributed by atoms with Crippen molar-refractivity contribution in [1.29, 1.82) is 0 Å². The van der Waals surface area contributed by atoms with E-state index in [2.05, 4.69) is 4.98 Å². The first-order chi connectivity index (χ1) is 8.84. The van der Waals surface area contributed by atoms with E-state index in [-0.39, 0.29) is 0 Å². The highest BCUT2D eigenvalue weighted by atomic mass is 16.5. The zero-order chi connectivity index (χ0) is 12.4. The van der Waals surface area contributed by atoms with Crippen molar-refractivity contribution in [2.24, 2.45) is 0 Å². The number of hydrogen-bond acceptors (Lipinski definition) is 2. The van der Waals surface area contributed by atoms with Gasteiger partial charge in [-0.05, 0) is 30.7 Å². The third-order valence-corrected chi connectivity index (χ3v) is 2.96. The molecule has 0 unspecified atom stereocenters. The van der Waals surface area contributed by atoms with Gasteiger partial charge < -0.3 is 9.14 Å². The van der Waals surface area contributed by atoms with Crippen molar-refractivity contribution in [3.8, 4) is 5.75 Å². The summed E-state index contributed by atoms with van der Waals surface area (Å²) in [6.07, 6.45) is 3.85. The van der Waals surface area contributed by atoms with Crippen LogP contribution in [0.4, 0.5) is 0 Å². The van der Waals surface area contributed by atoms with E-state index in [1.807, 2.05) is 66.2 Å². The number of imidazole rings is 1. The topological polar surface area (TPSA) is 26.5 Å². The molecule has 0 bridgehead atoms. The molecule has 0 saturated heterocycles. The van der Waals surface area contributed by atoms with E-state index in [1.54, 1.807) is 0 Å². The lowest BCUT2D eigenvalue weighted by Gasteiger charge is -2.08. The average Bonchev–Trinajstić information content (AvgIpc) is 2.81. The second-order valence-electron chi connectivity index (χ2n) is 4.23. The lowest BCUT2D eigenvalue weighted by Crippen LogP contribution is -2.00. The summed E-state index contributed by atoms with van der Waals surface area (Å²) in [6.45, 7) is 2.57. The molecular formula is C15H14N2O. The van der Waals surface area contributed by atoms with Crippen molar-refractivity contribution < 1.29 is 4.74 Å². The molecule has 0 radical (unpaired) electrons. The lowest BCUT2D eigenvalue weighted by atomic mass is 10.2. The second-order valence-corrected chi connectivity index (χ2v) is 4.23. The van der Waals surface area contributed by atoms with Gasteiger partial charge in [-0.15, -0.1) is 0 Å². The first-order valence-electron chi connectivity index (χ1n) is 5.94. The molecule has 2 heterocycles. The lowest BCUT2D eigenvalue weighted by molar-refractivity contribution is 0.298. The van der Waals surface area contributed by atoms with Gasteiger partial charge in [-0.25, -0.2) is 4.98 Å². The molecule has 0 saturated carbocycles. The van der Waals surface area contributed by atoms with Gasteiger partial charge in [0.25, 0.3) is 0 Å². The Labute approximate surface area is 106 Å². The van der Waals surface area contributed by atoms with Crippen LogP contribution in [0.5, 0.6) is 5.75 Å². The molecule has 3 heteroatoms. The fourth-order valence-corrected chi connectivity index (χ4v) is 1.96. The third-order valence-electron chi connectivity index (χ3n) is 2.96. The number of nitrogens with zero attached hydrogens (tertiary/aromatic N) is 2. The van der Waals surface area contributed by atoms with Crippen LogP contribution in [0.25, 0.3) is 5.65 Å². The van der Waals surface area contributed by atoms with Crippen LogP contribution in [-0.2, 0) is 6.61 Å². The van der Waals surface area contributed by atoms with Crippen molar-refractivity contribution in [3.63, 3.8) is 0 Å². The van der Waals surface area contributed by atoms with Crippen LogP contribution in [0.1, 0.15) is 11.3 Å². The molecule has 2 aromatic heterocycles. The number of benzene rings is 1. The Morgan fingerprint density at radius 1 is 1.11 bits per heavy atom. The molecule has 3 rings (SSSR count). The molecule has 18 heavy (non-hydrogen) atoms. The molecule has 90 valence electrons. The Kier molecular flexibility index (Phi) is 2.73. The molecule has 0 N–H and O–H groups in total. The fourth-order valence-electron chi connectivity index (χ4n) is 1.96. The van der Waals surface area contributed by atoms with Gasteiger partial charge in [-0.3, -0.25) is 0 Å². The number of ether oxygens (including phenoxy) is 1. The van der Waals surface area contributed by atoms with Gasteiger partial charge in [0.2, 0.25) is 0 Å². The molecule has 1 aromatic carbocycles. The number of aryl methyl sites for hydroxylation is 1. The Balaban J connectivity index is 1.83. The van der Waals surface area contributed by atoms with E-state index in [9.17, 15) is 0 Å². The maximum absolute atomic E-state index is 5.83. The molecule has 3 nitrogen and oxygen atoms in total. The van der Waals surface area contributed by atoms with Crippen LogP contribution in [0, 0.1) is 6.92 Å². The average molecular weight is 238 g/mol. The summed E-state index contributed by atoms with van der Waals surface area (Å²) < 4.78 is 7.87. The maximum Gasteiger partial charge on any atom is 0.136 e. The summed E-state index contributed by atoms with van der Waals surface area (Å²) in [7, 11) is 0. The van der Waals surface area contributed by atoms with Crippen LogP contribution in [0.2, 0.25) is 0 Å². The smallest absolute Gasteiger partial charge is 0.136 e. The highest BCUT2D eigenvalue weighted by Crippen LogP contribution is 2.18. The van der Waals surface area contributed by atoms with E-state index in [4.69, 9.17) is 4.74 Å². The van der Waals surface area contributed by atoms with Gasteiger partial charge >= 0.3 is 0 Å². The number of para-hydroxylation sites is 1. The number of fused-ring (bicyclic) bond motifs is 1. The van der Waals surface area contributed by atoms with E-state index in [1.165, 1.54) is 0 Å². The molecule has 0 aliphatic heterocycles. The number of aromatic nitrogens is 2. The monoisotopic (exact) mass is 238 g/mol. The molecular weight excluding hydrogens is 224 g/mol. The van der Waals surface area contributed by atoms with Crippen LogP contribution < -0.4 is 4.74 Å². The third kappa shape index (κ3) is 1.95. The van der Waals surface area contributed by atoms with Crippen molar-refractivity contribution in [3.05, 3.63) is 66.1 Å². The van der Waals surface area contributed by atoms with Crippen LogP contribution in [0.3, 0.4) is 0 Å². The minimum atomic E-state index is 0.524. The van der Waals surface area contributed by atoms with Crippen molar-refractivity contribution in [2.45, 2.75) is 13.5 Å². The van der Waals surface area contributed by atoms with E-state index in [0.717, 1.165) is 22.7 Å². The summed E-state index contributed by atoms with van der Waals surface area (Å²) in [5.41, 5.74) is 3.14. The zero-order valence-corrected chi connectivity index (χ0v) is 10.2. The van der Waals surface area contributed by atoms with Gasteiger partial charge in [0.15, 0.2) is 0 Å². The van der Waals surface area contributed by atoms with Gasteiger partial charge in [-0.2, -0.15) is 0 Å². The largest absolute Gasteiger partial charge is 0.487 e. The molecule has 3 aromatic rings. The van der Waals surface area contributed by atoms with Gasteiger partial charge in [0.05, 0.1) is 11.9 Å². The highest BCUT2D eigenvalue weighted by Gasteiger charge is 2.04. The summed E-state index contributed by atoms with van der Waals surface area (Å²) >= 11 is 0. The zero-order valence-electron chi connectivity index (χ0n) is 10.2. The van der Waals surface area contributed by atoms with Crippen molar-refractivity contribution in [1.82, 2.24) is 9.38 Å². The van der Waals surface area contributed by atoms with Gasteiger partial charge in [-0.1, -0.05) is 24.3 Å². The Bertz CT molecular complexity index is 673. The molecule has 0 aliphatic carbocycles. The molecule has 0 atom stereocenters. The minimum absolute atomic E-state index is 0.524. The molecule has 0 aliphatic rings. The molecule has 0 fully saturated rings. The summed E-state index contributed by atoms with van der Waals surface area (Å²) in [4.78, 5) is 4.34. The van der Waals surface area contributed by atoms with Crippen molar-refractivity contribution >= 4 is 5.65 Å². The standard InChI is InChI=1S/C15H14N2O/c1-12-6-2-3-7-14(12)18-11-13-10-16-15-8-4-5-9-17(13)15/h2-10H,11H2,1H3.